The number of halogens is 2. The number of rotatable bonds is 4. The topological polar surface area (TPSA) is 79.3 Å². The molecule has 1 heterocycles. The zero-order chi connectivity index (χ0) is 15.4. The number of hydrogen-bond acceptors (Lipinski definition) is 3. The zero-order valence-electron chi connectivity index (χ0n) is 10.6. The molecule has 0 aliphatic heterocycles. The first kappa shape index (κ1) is 15.3. The minimum atomic E-state index is -1.13. The molecular formula is C14H10Cl2N2O3. The first-order valence-electron chi connectivity index (χ1n) is 5.89. The molecule has 2 aromatic rings. The van der Waals surface area contributed by atoms with Crippen molar-refractivity contribution >= 4 is 40.8 Å². The van der Waals surface area contributed by atoms with Crippen LogP contribution in [-0.4, -0.2) is 22.0 Å². The fourth-order valence-electron chi connectivity index (χ4n) is 1.66. The monoisotopic (exact) mass is 324 g/mol. The Morgan fingerprint density at radius 2 is 1.81 bits per heavy atom. The third-order valence-electron chi connectivity index (χ3n) is 2.67. The number of carbonyl (C=O) groups excluding carboxylic acids is 1. The van der Waals surface area contributed by atoms with Crippen LogP contribution in [0.25, 0.3) is 0 Å². The van der Waals surface area contributed by atoms with Gasteiger partial charge in [-0.05, 0) is 29.8 Å². The second-order valence-electron chi connectivity index (χ2n) is 4.16. The highest BCUT2D eigenvalue weighted by Gasteiger charge is 2.11. The Bertz CT molecular complexity index is 667. The largest absolute Gasteiger partial charge is 0.477 e. The van der Waals surface area contributed by atoms with E-state index < -0.39 is 5.97 Å². The Labute approximate surface area is 130 Å². The van der Waals surface area contributed by atoms with Crippen LogP contribution in [0, 0.1) is 0 Å². The first-order chi connectivity index (χ1) is 9.97. The Morgan fingerprint density at radius 1 is 1.14 bits per heavy atom. The summed E-state index contributed by atoms with van der Waals surface area (Å²) in [5, 5.41) is 12.2. The van der Waals surface area contributed by atoms with Crippen molar-refractivity contribution in [2.24, 2.45) is 0 Å². The molecule has 5 nitrogen and oxygen atoms in total. The highest BCUT2D eigenvalue weighted by Crippen LogP contribution is 2.24. The summed E-state index contributed by atoms with van der Waals surface area (Å²) in [6, 6.07) is 7.77. The SMILES string of the molecule is O=C(Cc1c(Cl)cccc1Cl)Nc1ccc(C(=O)O)nc1. The lowest BCUT2D eigenvalue weighted by Gasteiger charge is -2.08. The van der Waals surface area contributed by atoms with Crippen molar-refractivity contribution in [2.75, 3.05) is 5.32 Å². The number of aromatic nitrogens is 1. The van der Waals surface area contributed by atoms with Gasteiger partial charge < -0.3 is 10.4 Å². The van der Waals surface area contributed by atoms with Crippen molar-refractivity contribution in [3.63, 3.8) is 0 Å². The number of pyridine rings is 1. The van der Waals surface area contributed by atoms with Crippen molar-refractivity contribution in [3.05, 3.63) is 57.8 Å². The van der Waals surface area contributed by atoms with E-state index in [1.165, 1.54) is 18.3 Å². The summed E-state index contributed by atoms with van der Waals surface area (Å²) in [5.41, 5.74) is 0.837. The van der Waals surface area contributed by atoms with Gasteiger partial charge in [-0.2, -0.15) is 0 Å². The smallest absolute Gasteiger partial charge is 0.354 e. The van der Waals surface area contributed by atoms with Crippen LogP contribution in [-0.2, 0) is 11.2 Å². The summed E-state index contributed by atoms with van der Waals surface area (Å²) >= 11 is 12.0. The first-order valence-corrected chi connectivity index (χ1v) is 6.65. The van der Waals surface area contributed by atoms with Crippen molar-refractivity contribution in [1.29, 1.82) is 0 Å². The molecule has 0 aliphatic carbocycles. The third kappa shape index (κ3) is 3.93. The Kier molecular flexibility index (Phi) is 4.77. The number of nitrogens with one attached hydrogen (secondary N) is 1. The molecule has 2 rings (SSSR count). The molecule has 0 fully saturated rings. The van der Waals surface area contributed by atoms with Crippen molar-refractivity contribution < 1.29 is 14.7 Å². The molecule has 0 spiro atoms. The Hall–Kier alpha value is -2.11. The molecule has 7 heteroatoms. The quantitative estimate of drug-likeness (QED) is 0.904. The van der Waals surface area contributed by atoms with Crippen LogP contribution >= 0.6 is 23.2 Å². The number of carboxylic acids is 1. The van der Waals surface area contributed by atoms with Crippen LogP contribution in [0.15, 0.2) is 36.5 Å². The molecule has 108 valence electrons. The fourth-order valence-corrected chi connectivity index (χ4v) is 2.19. The van der Waals surface area contributed by atoms with Crippen LogP contribution in [0.2, 0.25) is 10.0 Å². The molecule has 0 saturated heterocycles. The lowest BCUT2D eigenvalue weighted by molar-refractivity contribution is -0.115. The second kappa shape index (κ2) is 6.56. The third-order valence-corrected chi connectivity index (χ3v) is 3.37. The van der Waals surface area contributed by atoms with E-state index in [0.29, 0.717) is 21.3 Å². The van der Waals surface area contributed by atoms with Crippen LogP contribution in [0.5, 0.6) is 0 Å². The van der Waals surface area contributed by atoms with E-state index in [2.05, 4.69) is 10.3 Å². The number of nitrogens with zero attached hydrogens (tertiary/aromatic N) is 1. The van der Waals surface area contributed by atoms with E-state index in [0.717, 1.165) is 0 Å². The van der Waals surface area contributed by atoms with E-state index in [-0.39, 0.29) is 18.0 Å². The summed E-state index contributed by atoms with van der Waals surface area (Å²) in [6.45, 7) is 0. The Morgan fingerprint density at radius 3 is 2.33 bits per heavy atom. The number of carbonyl (C=O) groups is 2. The van der Waals surface area contributed by atoms with Crippen molar-refractivity contribution in [2.45, 2.75) is 6.42 Å². The van der Waals surface area contributed by atoms with Gasteiger partial charge in [0.2, 0.25) is 5.91 Å². The molecule has 0 bridgehead atoms. The predicted octanol–water partition coefficient (Wildman–Crippen LogP) is 3.27. The summed E-state index contributed by atoms with van der Waals surface area (Å²) in [6.07, 6.45) is 1.29. The van der Waals surface area contributed by atoms with E-state index in [4.69, 9.17) is 28.3 Å². The lowest BCUT2D eigenvalue weighted by atomic mass is 10.1. The van der Waals surface area contributed by atoms with Gasteiger partial charge in [-0.25, -0.2) is 9.78 Å². The average molecular weight is 325 g/mol. The van der Waals surface area contributed by atoms with Gasteiger partial charge >= 0.3 is 5.97 Å². The average Bonchev–Trinajstić information content (AvgIpc) is 2.43. The van der Waals surface area contributed by atoms with Gasteiger partial charge in [0, 0.05) is 10.0 Å². The molecule has 0 aliphatic rings. The van der Waals surface area contributed by atoms with E-state index in [9.17, 15) is 9.59 Å². The molecule has 2 N–H and O–H groups in total. The maximum Gasteiger partial charge on any atom is 0.354 e. The van der Waals surface area contributed by atoms with Crippen molar-refractivity contribution in [1.82, 2.24) is 4.98 Å². The van der Waals surface area contributed by atoms with Gasteiger partial charge in [-0.1, -0.05) is 29.3 Å². The Balaban J connectivity index is 2.06. The van der Waals surface area contributed by atoms with Gasteiger partial charge in [0.25, 0.3) is 0 Å². The number of hydrogen-bond donors (Lipinski definition) is 2. The maximum atomic E-state index is 11.9. The number of aromatic carboxylic acids is 1. The number of carboxylic acid groups (broad SMARTS) is 1. The molecule has 0 radical (unpaired) electrons. The van der Waals surface area contributed by atoms with E-state index >= 15 is 0 Å². The summed E-state index contributed by atoms with van der Waals surface area (Å²) in [5.74, 6) is -1.45. The van der Waals surface area contributed by atoms with Gasteiger partial charge in [0.05, 0.1) is 18.3 Å². The summed E-state index contributed by atoms with van der Waals surface area (Å²) in [7, 11) is 0. The second-order valence-corrected chi connectivity index (χ2v) is 4.98. The summed E-state index contributed by atoms with van der Waals surface area (Å²) in [4.78, 5) is 26.3. The minimum Gasteiger partial charge on any atom is -0.477 e. The number of anilines is 1. The molecule has 21 heavy (non-hydrogen) atoms. The maximum absolute atomic E-state index is 11.9. The molecule has 0 unspecified atom stereocenters. The highest BCUT2D eigenvalue weighted by molar-refractivity contribution is 6.36. The van der Waals surface area contributed by atoms with Gasteiger partial charge in [0.1, 0.15) is 5.69 Å². The molecule has 1 aromatic heterocycles. The van der Waals surface area contributed by atoms with Crippen LogP contribution < -0.4 is 5.32 Å². The zero-order valence-corrected chi connectivity index (χ0v) is 12.1. The fraction of sp³-hybridized carbons (Fsp3) is 0.0714. The molecule has 0 atom stereocenters. The predicted molar refractivity (Wildman–Crippen MR) is 80.0 cm³/mol. The molecule has 1 aromatic carbocycles. The standard InChI is InChI=1S/C14H10Cl2N2O3/c15-10-2-1-3-11(16)9(10)6-13(19)18-8-4-5-12(14(20)21)17-7-8/h1-5,7H,6H2,(H,18,19)(H,20,21). The lowest BCUT2D eigenvalue weighted by Crippen LogP contribution is -2.15. The number of amides is 1. The molecule has 0 saturated carbocycles. The van der Waals surface area contributed by atoms with E-state index in [1.807, 2.05) is 0 Å². The molecule has 1 amide bonds. The van der Waals surface area contributed by atoms with E-state index in [1.54, 1.807) is 18.2 Å². The molecular weight excluding hydrogens is 315 g/mol. The van der Waals surface area contributed by atoms with Gasteiger partial charge in [-0.3, -0.25) is 4.79 Å². The van der Waals surface area contributed by atoms with Gasteiger partial charge in [0.15, 0.2) is 0 Å². The van der Waals surface area contributed by atoms with Crippen LogP contribution in [0.3, 0.4) is 0 Å². The summed E-state index contributed by atoms with van der Waals surface area (Å²) < 4.78 is 0. The van der Waals surface area contributed by atoms with Gasteiger partial charge in [-0.15, -0.1) is 0 Å². The van der Waals surface area contributed by atoms with Crippen LogP contribution in [0.4, 0.5) is 5.69 Å². The van der Waals surface area contributed by atoms with Crippen LogP contribution in [0.1, 0.15) is 16.1 Å². The normalized spacial score (nSPS) is 10.2. The van der Waals surface area contributed by atoms with Crippen molar-refractivity contribution in [3.8, 4) is 0 Å². The minimum absolute atomic E-state index is 0.0131. The number of benzene rings is 1. The highest BCUT2D eigenvalue weighted by atomic mass is 35.5.